The maximum absolute atomic E-state index is 12.7. The van der Waals surface area contributed by atoms with Crippen LogP contribution >= 0.6 is 0 Å². The van der Waals surface area contributed by atoms with Crippen molar-refractivity contribution in [1.29, 1.82) is 0 Å². The summed E-state index contributed by atoms with van der Waals surface area (Å²) in [6.07, 6.45) is 0. The first-order valence-electron chi connectivity index (χ1n) is 3.27. The van der Waals surface area contributed by atoms with E-state index in [1.54, 1.807) is 0 Å². The van der Waals surface area contributed by atoms with Crippen LogP contribution < -0.4 is 5.26 Å². The summed E-state index contributed by atoms with van der Waals surface area (Å²) >= 11 is 0. The van der Waals surface area contributed by atoms with E-state index in [-0.39, 0.29) is 0 Å². The van der Waals surface area contributed by atoms with E-state index < -0.39 is 40.6 Å². The molecular formula is C7F5O3-. The van der Waals surface area contributed by atoms with E-state index >= 15 is 0 Å². The van der Waals surface area contributed by atoms with E-state index in [1.807, 2.05) is 0 Å². The predicted octanol–water partition coefficient (Wildman–Crippen LogP) is 0.814. The Morgan fingerprint density at radius 2 is 1.20 bits per heavy atom. The molecule has 0 fully saturated rings. The Kier molecular flexibility index (Phi) is 2.89. The minimum atomic E-state index is -2.42. The van der Waals surface area contributed by atoms with Crippen molar-refractivity contribution in [1.82, 2.24) is 0 Å². The van der Waals surface area contributed by atoms with Crippen molar-refractivity contribution in [3.05, 3.63) is 34.6 Å². The molecule has 0 bridgehead atoms. The Bertz CT molecular complexity index is 402. The standard InChI is InChI=1S/C7HF5O3/c8-2-1(7(13)15-14)3(9)5(11)6(12)4(2)10/h14H/p-1. The molecule has 82 valence electrons. The van der Waals surface area contributed by atoms with Crippen LogP contribution in [0.1, 0.15) is 10.4 Å². The maximum Gasteiger partial charge on any atom is 0.338 e. The van der Waals surface area contributed by atoms with Crippen molar-refractivity contribution in [2.75, 3.05) is 0 Å². The van der Waals surface area contributed by atoms with Gasteiger partial charge < -0.3 is 10.1 Å². The first kappa shape index (κ1) is 11.4. The lowest BCUT2D eigenvalue weighted by molar-refractivity contribution is -0.653. The van der Waals surface area contributed by atoms with Crippen LogP contribution in [0.3, 0.4) is 0 Å². The quantitative estimate of drug-likeness (QED) is 0.234. The third-order valence-electron chi connectivity index (χ3n) is 1.49. The lowest BCUT2D eigenvalue weighted by Crippen LogP contribution is -2.20. The molecule has 3 nitrogen and oxygen atoms in total. The van der Waals surface area contributed by atoms with Crippen LogP contribution in [0.25, 0.3) is 0 Å². The highest BCUT2D eigenvalue weighted by molar-refractivity contribution is 5.89. The molecule has 1 rings (SSSR count). The maximum atomic E-state index is 12.7. The fourth-order valence-electron chi connectivity index (χ4n) is 0.826. The summed E-state index contributed by atoms with van der Waals surface area (Å²) in [5, 5.41) is 9.52. The highest BCUT2D eigenvalue weighted by Gasteiger charge is 2.29. The molecule has 0 aliphatic heterocycles. The smallest absolute Gasteiger partial charge is 0.338 e. The van der Waals surface area contributed by atoms with E-state index in [0.29, 0.717) is 0 Å². The number of hydrogen-bond donors (Lipinski definition) is 0. The Labute approximate surface area is 78.6 Å². The van der Waals surface area contributed by atoms with Gasteiger partial charge in [0.05, 0.1) is 0 Å². The highest BCUT2D eigenvalue weighted by atomic mass is 19.2. The van der Waals surface area contributed by atoms with Crippen LogP contribution in [0, 0.1) is 29.1 Å². The molecule has 0 radical (unpaired) electrons. The summed E-state index contributed by atoms with van der Waals surface area (Å²) in [4.78, 5) is 13.0. The van der Waals surface area contributed by atoms with Crippen LogP contribution in [-0.4, -0.2) is 5.97 Å². The third kappa shape index (κ3) is 1.63. The molecule has 0 aliphatic carbocycles. The van der Waals surface area contributed by atoms with Gasteiger partial charge in [-0.15, -0.1) is 0 Å². The Morgan fingerprint density at radius 1 is 0.867 bits per heavy atom. The Morgan fingerprint density at radius 3 is 1.53 bits per heavy atom. The largest absolute Gasteiger partial charge is 0.661 e. The average molecular weight is 227 g/mol. The molecule has 0 heterocycles. The van der Waals surface area contributed by atoms with Crippen molar-refractivity contribution in [2.24, 2.45) is 0 Å². The van der Waals surface area contributed by atoms with Crippen molar-refractivity contribution in [3.8, 4) is 0 Å². The van der Waals surface area contributed by atoms with Gasteiger partial charge in [-0.05, 0) is 0 Å². The van der Waals surface area contributed by atoms with Gasteiger partial charge in [0, 0.05) is 0 Å². The molecule has 0 saturated heterocycles. The SMILES string of the molecule is O=C(O[O-])c1c(F)c(F)c(F)c(F)c1F. The molecule has 8 heteroatoms. The molecule has 1 aromatic carbocycles. The van der Waals surface area contributed by atoms with Gasteiger partial charge in [-0.25, -0.2) is 26.7 Å². The van der Waals surface area contributed by atoms with Crippen molar-refractivity contribution >= 4 is 5.97 Å². The number of carbonyl (C=O) groups excluding carboxylic acids is 1. The topological polar surface area (TPSA) is 49.4 Å². The minimum Gasteiger partial charge on any atom is -0.661 e. The zero-order valence-electron chi connectivity index (χ0n) is 6.61. The van der Waals surface area contributed by atoms with E-state index in [9.17, 15) is 32.0 Å². The zero-order chi connectivity index (χ0) is 11.7. The lowest BCUT2D eigenvalue weighted by atomic mass is 10.1. The second-order valence-electron chi connectivity index (χ2n) is 2.32. The van der Waals surface area contributed by atoms with Crippen LogP contribution in [0.5, 0.6) is 0 Å². The summed E-state index contributed by atoms with van der Waals surface area (Å²) in [5.74, 6) is -14.1. The molecular weight excluding hydrogens is 227 g/mol. The summed E-state index contributed by atoms with van der Waals surface area (Å²) in [6, 6.07) is 0. The van der Waals surface area contributed by atoms with E-state index in [1.165, 1.54) is 0 Å². The van der Waals surface area contributed by atoms with Crippen molar-refractivity contribution < 1.29 is 36.9 Å². The molecule has 0 unspecified atom stereocenters. The molecule has 0 aromatic heterocycles. The summed E-state index contributed by atoms with van der Waals surface area (Å²) in [6.45, 7) is 0. The van der Waals surface area contributed by atoms with Gasteiger partial charge in [-0.2, -0.15) is 0 Å². The number of halogens is 5. The molecule has 1 aromatic rings. The molecule has 0 N–H and O–H groups in total. The fraction of sp³-hybridized carbons (Fsp3) is 0. The summed E-state index contributed by atoms with van der Waals surface area (Å²) in [5.41, 5.74) is -1.92. The van der Waals surface area contributed by atoms with Gasteiger partial charge in [0.25, 0.3) is 0 Å². The first-order chi connectivity index (χ1) is 6.91. The molecule has 0 saturated carbocycles. The number of hydrogen-bond acceptors (Lipinski definition) is 3. The fourth-order valence-corrected chi connectivity index (χ4v) is 0.826. The predicted molar refractivity (Wildman–Crippen MR) is 31.6 cm³/mol. The number of rotatable bonds is 1. The van der Waals surface area contributed by atoms with Crippen LogP contribution in [0.15, 0.2) is 0 Å². The second-order valence-corrected chi connectivity index (χ2v) is 2.32. The average Bonchev–Trinajstić information content (AvgIpc) is 2.23. The molecule has 0 amide bonds. The van der Waals surface area contributed by atoms with Crippen LogP contribution in [0.4, 0.5) is 22.0 Å². The normalized spacial score (nSPS) is 10.3. The minimum absolute atomic E-state index is 1.92. The monoisotopic (exact) mass is 227 g/mol. The summed E-state index contributed by atoms with van der Waals surface area (Å²) < 4.78 is 62.6. The van der Waals surface area contributed by atoms with E-state index in [2.05, 4.69) is 4.89 Å². The van der Waals surface area contributed by atoms with E-state index in [4.69, 9.17) is 0 Å². The van der Waals surface area contributed by atoms with Crippen LogP contribution in [-0.2, 0) is 4.89 Å². The van der Waals surface area contributed by atoms with Crippen molar-refractivity contribution in [3.63, 3.8) is 0 Å². The van der Waals surface area contributed by atoms with Gasteiger partial charge in [-0.3, -0.25) is 0 Å². The van der Waals surface area contributed by atoms with Crippen LogP contribution in [0.2, 0.25) is 0 Å². The van der Waals surface area contributed by atoms with Gasteiger partial charge >= 0.3 is 5.97 Å². The van der Waals surface area contributed by atoms with E-state index in [0.717, 1.165) is 0 Å². The lowest BCUT2D eigenvalue weighted by Gasteiger charge is -2.09. The second kappa shape index (κ2) is 3.81. The first-order valence-corrected chi connectivity index (χ1v) is 3.27. The summed E-state index contributed by atoms with van der Waals surface area (Å²) in [7, 11) is 0. The Hall–Kier alpha value is -1.70. The number of carbonyl (C=O) groups is 1. The molecule has 0 atom stereocenters. The Balaban J connectivity index is 3.60. The molecule has 0 aliphatic rings. The molecule has 0 spiro atoms. The van der Waals surface area contributed by atoms with Gasteiger partial charge in [-0.1, -0.05) is 0 Å². The van der Waals surface area contributed by atoms with Gasteiger partial charge in [0.1, 0.15) is 5.56 Å². The van der Waals surface area contributed by atoms with Gasteiger partial charge in [0.2, 0.25) is 5.82 Å². The number of benzene rings is 1. The van der Waals surface area contributed by atoms with Crippen molar-refractivity contribution in [2.45, 2.75) is 0 Å². The van der Waals surface area contributed by atoms with Gasteiger partial charge in [0.15, 0.2) is 23.3 Å². The highest BCUT2D eigenvalue weighted by Crippen LogP contribution is 2.23. The molecule has 15 heavy (non-hydrogen) atoms. The third-order valence-corrected chi connectivity index (χ3v) is 1.49. The zero-order valence-corrected chi connectivity index (χ0v) is 6.61.